The summed E-state index contributed by atoms with van der Waals surface area (Å²) >= 11 is 0. The molecule has 2 aliphatic rings. The predicted molar refractivity (Wildman–Crippen MR) is 119 cm³/mol. The van der Waals surface area contributed by atoms with Crippen LogP contribution in [0.4, 0.5) is 0 Å². The summed E-state index contributed by atoms with van der Waals surface area (Å²) in [7, 11) is 0. The van der Waals surface area contributed by atoms with E-state index in [1.54, 1.807) is 0 Å². The van der Waals surface area contributed by atoms with Gasteiger partial charge in [0, 0.05) is 32.0 Å². The van der Waals surface area contributed by atoms with Crippen LogP contribution in [0.2, 0.25) is 0 Å². The Kier molecular flexibility index (Phi) is 7.00. The lowest BCUT2D eigenvalue weighted by Crippen LogP contribution is -2.43. The van der Waals surface area contributed by atoms with Crippen molar-refractivity contribution in [2.75, 3.05) is 13.2 Å². The summed E-state index contributed by atoms with van der Waals surface area (Å²) in [5.74, 6) is -0.595. The number of rotatable bonds is 8. The summed E-state index contributed by atoms with van der Waals surface area (Å²) in [4.78, 5) is 2.36. The molecule has 0 saturated carbocycles. The number of hydrogen-bond donors (Lipinski definition) is 1. The van der Waals surface area contributed by atoms with Gasteiger partial charge in [0.1, 0.15) is 0 Å². The van der Waals surface area contributed by atoms with Gasteiger partial charge >= 0.3 is 0 Å². The van der Waals surface area contributed by atoms with Crippen molar-refractivity contribution in [2.45, 2.75) is 63.6 Å². The minimum absolute atomic E-state index is 0.00769. The maximum atomic E-state index is 11.2. The van der Waals surface area contributed by atoms with E-state index in [4.69, 9.17) is 9.47 Å². The highest BCUT2D eigenvalue weighted by molar-refractivity contribution is 5.20. The van der Waals surface area contributed by atoms with Gasteiger partial charge in [-0.3, -0.25) is 4.90 Å². The first-order valence-corrected chi connectivity index (χ1v) is 11.1. The molecule has 1 spiro atoms. The molecule has 30 heavy (non-hydrogen) atoms. The van der Waals surface area contributed by atoms with Gasteiger partial charge in [-0.25, -0.2) is 0 Å². The van der Waals surface area contributed by atoms with Crippen LogP contribution in [0, 0.1) is 0 Å². The number of hydrogen-bond acceptors (Lipinski definition) is 4. The average molecular weight is 408 g/mol. The lowest BCUT2D eigenvalue weighted by Gasteiger charge is -2.37. The Morgan fingerprint density at radius 1 is 0.933 bits per heavy atom. The van der Waals surface area contributed by atoms with Crippen molar-refractivity contribution in [3.8, 4) is 0 Å². The highest BCUT2D eigenvalue weighted by Crippen LogP contribution is 2.39. The van der Waals surface area contributed by atoms with Crippen LogP contribution in [0.5, 0.6) is 0 Å². The lowest BCUT2D eigenvalue weighted by atomic mass is 9.87. The molecule has 0 aromatic heterocycles. The standard InChI is InChI=1S/C26H33NO3/c1-21(25(28)18-24-14-8-9-15-26(24)29-16-17-30-26)27(19-22-10-4-2-5-11-22)20-23-12-6-3-7-13-23/h2-7,10-14,21,25,28H,8-9,15-20H2,1H3/t21-,25+/m0/s1. The molecule has 1 saturated heterocycles. The zero-order valence-electron chi connectivity index (χ0n) is 17.9. The van der Waals surface area contributed by atoms with Crippen LogP contribution in [0.25, 0.3) is 0 Å². The molecule has 4 heteroatoms. The summed E-state index contributed by atoms with van der Waals surface area (Å²) in [5, 5.41) is 11.2. The zero-order chi connectivity index (χ0) is 20.8. The van der Waals surface area contributed by atoms with Crippen molar-refractivity contribution in [3.05, 3.63) is 83.4 Å². The maximum Gasteiger partial charge on any atom is 0.191 e. The zero-order valence-corrected chi connectivity index (χ0v) is 17.9. The second-order valence-corrected chi connectivity index (χ2v) is 8.46. The van der Waals surface area contributed by atoms with Crippen LogP contribution in [0.15, 0.2) is 72.3 Å². The van der Waals surface area contributed by atoms with Gasteiger partial charge in [0.2, 0.25) is 0 Å². The third-order valence-corrected chi connectivity index (χ3v) is 6.36. The van der Waals surface area contributed by atoms with Crippen LogP contribution in [0.3, 0.4) is 0 Å². The Hall–Kier alpha value is -1.98. The van der Waals surface area contributed by atoms with Crippen molar-refractivity contribution >= 4 is 0 Å². The van der Waals surface area contributed by atoms with Crippen LogP contribution in [-0.4, -0.2) is 41.2 Å². The minimum Gasteiger partial charge on any atom is -0.391 e. The molecule has 1 aliphatic heterocycles. The van der Waals surface area contributed by atoms with Crippen molar-refractivity contribution in [1.29, 1.82) is 0 Å². The topological polar surface area (TPSA) is 41.9 Å². The number of allylic oxidation sites excluding steroid dienone is 1. The van der Waals surface area contributed by atoms with E-state index in [0.29, 0.717) is 19.6 Å². The van der Waals surface area contributed by atoms with Crippen LogP contribution >= 0.6 is 0 Å². The molecule has 2 aromatic rings. The van der Waals surface area contributed by atoms with Crippen molar-refractivity contribution in [1.82, 2.24) is 4.90 Å². The molecular weight excluding hydrogens is 374 g/mol. The molecule has 2 aromatic carbocycles. The van der Waals surface area contributed by atoms with E-state index in [9.17, 15) is 5.11 Å². The Balaban J connectivity index is 1.49. The van der Waals surface area contributed by atoms with E-state index in [1.165, 1.54) is 11.1 Å². The van der Waals surface area contributed by atoms with E-state index in [0.717, 1.165) is 37.9 Å². The summed E-state index contributed by atoms with van der Waals surface area (Å²) < 4.78 is 12.0. The lowest BCUT2D eigenvalue weighted by molar-refractivity contribution is -0.139. The Bertz CT molecular complexity index is 773. The van der Waals surface area contributed by atoms with Crippen LogP contribution < -0.4 is 0 Å². The molecule has 4 nitrogen and oxygen atoms in total. The van der Waals surface area contributed by atoms with Gasteiger partial charge in [-0.2, -0.15) is 0 Å². The fraction of sp³-hybridized carbons (Fsp3) is 0.462. The van der Waals surface area contributed by atoms with Crippen molar-refractivity contribution in [3.63, 3.8) is 0 Å². The van der Waals surface area contributed by atoms with Gasteiger partial charge in [0.25, 0.3) is 0 Å². The normalized spacial score (nSPS) is 20.3. The Morgan fingerprint density at radius 2 is 1.50 bits per heavy atom. The molecule has 4 rings (SSSR count). The number of benzene rings is 2. The molecule has 2 atom stereocenters. The number of aliphatic hydroxyl groups excluding tert-OH is 1. The largest absolute Gasteiger partial charge is 0.391 e. The summed E-state index contributed by atoms with van der Waals surface area (Å²) in [6.45, 7) is 4.99. The smallest absolute Gasteiger partial charge is 0.191 e. The first kappa shape index (κ1) is 21.3. The second kappa shape index (κ2) is 9.88. The number of ether oxygens (including phenoxy) is 2. The van der Waals surface area contributed by atoms with E-state index in [-0.39, 0.29) is 6.04 Å². The van der Waals surface area contributed by atoms with Crippen molar-refractivity contribution in [2.24, 2.45) is 0 Å². The summed E-state index contributed by atoms with van der Waals surface area (Å²) in [5.41, 5.74) is 3.62. The average Bonchev–Trinajstić information content (AvgIpc) is 3.25. The summed E-state index contributed by atoms with van der Waals surface area (Å²) in [6, 6.07) is 21.0. The first-order valence-electron chi connectivity index (χ1n) is 11.1. The number of aliphatic hydroxyl groups is 1. The second-order valence-electron chi connectivity index (χ2n) is 8.46. The molecule has 0 amide bonds. The highest BCUT2D eigenvalue weighted by Gasteiger charge is 2.42. The monoisotopic (exact) mass is 407 g/mol. The third kappa shape index (κ3) is 5.01. The van der Waals surface area contributed by atoms with Crippen LogP contribution in [0.1, 0.15) is 43.7 Å². The molecule has 1 aliphatic carbocycles. The molecule has 160 valence electrons. The molecule has 1 fully saturated rings. The van der Waals surface area contributed by atoms with Gasteiger partial charge in [-0.1, -0.05) is 66.7 Å². The van der Waals surface area contributed by atoms with Gasteiger partial charge in [-0.15, -0.1) is 0 Å². The van der Waals surface area contributed by atoms with Gasteiger partial charge in [0.05, 0.1) is 19.3 Å². The predicted octanol–water partition coefficient (Wildman–Crippen LogP) is 4.68. The molecule has 0 bridgehead atoms. The van der Waals surface area contributed by atoms with E-state index < -0.39 is 11.9 Å². The highest BCUT2D eigenvalue weighted by atomic mass is 16.7. The van der Waals surface area contributed by atoms with Gasteiger partial charge in [-0.05, 0) is 36.5 Å². The van der Waals surface area contributed by atoms with Crippen molar-refractivity contribution < 1.29 is 14.6 Å². The summed E-state index contributed by atoms with van der Waals surface area (Å²) in [6.07, 6.45) is 5.31. The fourth-order valence-corrected chi connectivity index (χ4v) is 4.57. The Morgan fingerprint density at radius 3 is 2.07 bits per heavy atom. The molecule has 1 heterocycles. The third-order valence-electron chi connectivity index (χ3n) is 6.36. The maximum absolute atomic E-state index is 11.2. The molecule has 0 unspecified atom stereocenters. The van der Waals surface area contributed by atoms with Crippen LogP contribution in [-0.2, 0) is 22.6 Å². The molecule has 0 radical (unpaired) electrons. The quantitative estimate of drug-likeness (QED) is 0.645. The van der Waals surface area contributed by atoms with E-state index in [2.05, 4.69) is 66.4 Å². The van der Waals surface area contributed by atoms with E-state index >= 15 is 0 Å². The van der Waals surface area contributed by atoms with E-state index in [1.807, 2.05) is 12.1 Å². The molecule has 1 N–H and O–H groups in total. The first-order chi connectivity index (χ1) is 14.7. The minimum atomic E-state index is -0.595. The Labute approximate surface area is 180 Å². The SMILES string of the molecule is C[C@@H]([C@H](O)CC1=CCCCC12OCCO2)N(Cc1ccccc1)Cc1ccccc1. The van der Waals surface area contributed by atoms with Gasteiger partial charge in [0.15, 0.2) is 5.79 Å². The fourth-order valence-electron chi connectivity index (χ4n) is 4.57. The molecular formula is C26H33NO3. The van der Waals surface area contributed by atoms with Gasteiger partial charge < -0.3 is 14.6 Å². The number of nitrogens with zero attached hydrogens (tertiary/aromatic N) is 1.